The molecule has 292 valence electrons. The number of alkyl carbamates (subject to hydrolysis) is 1. The fourth-order valence-electron chi connectivity index (χ4n) is 7.81. The van der Waals surface area contributed by atoms with Gasteiger partial charge >= 0.3 is 6.09 Å². The third-order valence-corrected chi connectivity index (χ3v) is 13.2. The van der Waals surface area contributed by atoms with E-state index < -0.39 is 73.6 Å². The minimum Gasteiger partial charge on any atom is -0.446 e. The standard InChI is InChI=1S/C40H51FN4O8S/c1-7-26-21-40(26,36(48)44-54(50,51)30-18-19-30)43-34(46)32-22-39(52-6,27-15-13-25(14-16-27)31-20-28(41)17-12-24(31)2)23-45(32)35(47)33(38(3,4)5)42-37(49)53-29-10-8-9-11-29/h7,12-17,20,26,29-30,32-33H,1,8-11,18-19,21-23H2,2-6H3,(H,42,49)(H,43,46)(H,44,48)/t26-,32+,33-,39+,40-/m1/s1. The van der Waals surface area contributed by atoms with Crippen LogP contribution < -0.4 is 15.4 Å². The van der Waals surface area contributed by atoms with Crippen molar-refractivity contribution >= 4 is 33.8 Å². The molecule has 0 spiro atoms. The van der Waals surface area contributed by atoms with Crippen LogP contribution in [0.3, 0.4) is 0 Å². The molecule has 2 aromatic carbocycles. The number of carbonyl (C=O) groups excluding carboxylic acids is 4. The first-order chi connectivity index (χ1) is 25.4. The summed E-state index contributed by atoms with van der Waals surface area (Å²) >= 11 is 0. The molecule has 0 radical (unpaired) electrons. The van der Waals surface area contributed by atoms with Crippen molar-refractivity contribution in [1.82, 2.24) is 20.3 Å². The summed E-state index contributed by atoms with van der Waals surface area (Å²) in [7, 11) is -2.43. The van der Waals surface area contributed by atoms with Crippen molar-refractivity contribution in [3.8, 4) is 11.1 Å². The molecule has 54 heavy (non-hydrogen) atoms. The van der Waals surface area contributed by atoms with Gasteiger partial charge in [0.05, 0.1) is 11.8 Å². The number of likely N-dealkylation sites (tertiary alicyclic amines) is 1. The third-order valence-electron chi connectivity index (χ3n) is 11.4. The number of halogens is 1. The molecule has 0 aromatic heterocycles. The van der Waals surface area contributed by atoms with Crippen LogP contribution in [0.15, 0.2) is 55.1 Å². The van der Waals surface area contributed by atoms with E-state index in [1.54, 1.807) is 26.8 Å². The van der Waals surface area contributed by atoms with E-state index in [0.717, 1.165) is 36.8 Å². The Morgan fingerprint density at radius 3 is 2.26 bits per heavy atom. The van der Waals surface area contributed by atoms with Gasteiger partial charge in [0.15, 0.2) is 0 Å². The van der Waals surface area contributed by atoms with E-state index in [9.17, 15) is 32.0 Å². The highest BCUT2D eigenvalue weighted by molar-refractivity contribution is 7.91. The van der Waals surface area contributed by atoms with E-state index >= 15 is 0 Å². The highest BCUT2D eigenvalue weighted by Gasteiger charge is 2.62. The average Bonchev–Trinajstić information content (AvgIpc) is 4.01. The number of hydrogen-bond donors (Lipinski definition) is 3. The molecule has 0 unspecified atom stereocenters. The zero-order valence-corrected chi connectivity index (χ0v) is 32.4. The fraction of sp³-hybridized carbons (Fsp3) is 0.550. The van der Waals surface area contributed by atoms with Crippen molar-refractivity contribution in [3.63, 3.8) is 0 Å². The van der Waals surface area contributed by atoms with Gasteiger partial charge in [-0.1, -0.05) is 57.2 Å². The lowest BCUT2D eigenvalue weighted by Crippen LogP contribution is -2.60. The van der Waals surface area contributed by atoms with Crippen LogP contribution in [0.2, 0.25) is 0 Å². The molecule has 4 aliphatic rings. The Labute approximate surface area is 316 Å². The predicted molar refractivity (Wildman–Crippen MR) is 200 cm³/mol. The Hall–Kier alpha value is -4.30. The van der Waals surface area contributed by atoms with Crippen molar-refractivity contribution in [2.45, 2.75) is 114 Å². The molecule has 4 fully saturated rings. The number of amides is 4. The number of nitrogens with one attached hydrogen (secondary N) is 3. The van der Waals surface area contributed by atoms with E-state index in [2.05, 4.69) is 21.9 Å². The van der Waals surface area contributed by atoms with E-state index in [0.29, 0.717) is 24.0 Å². The van der Waals surface area contributed by atoms with Gasteiger partial charge in [0.1, 0.15) is 35.1 Å². The topological polar surface area (TPSA) is 160 Å². The van der Waals surface area contributed by atoms with Gasteiger partial charge in [0.2, 0.25) is 21.8 Å². The number of aryl methyl sites for hydroxylation is 1. The molecule has 2 aromatic rings. The Balaban J connectivity index is 1.33. The quantitative estimate of drug-likeness (QED) is 0.255. The van der Waals surface area contributed by atoms with Crippen molar-refractivity contribution in [2.24, 2.45) is 11.3 Å². The first kappa shape index (κ1) is 39.4. The summed E-state index contributed by atoms with van der Waals surface area (Å²) in [6, 6.07) is 9.53. The normalized spacial score (nSPS) is 26.1. The Morgan fingerprint density at radius 1 is 1.02 bits per heavy atom. The third kappa shape index (κ3) is 7.91. The predicted octanol–water partition coefficient (Wildman–Crippen LogP) is 5.00. The maximum Gasteiger partial charge on any atom is 0.408 e. The van der Waals surface area contributed by atoms with Gasteiger partial charge in [0.25, 0.3) is 5.91 Å². The number of ether oxygens (including phenoxy) is 2. The van der Waals surface area contributed by atoms with Gasteiger partial charge in [0, 0.05) is 19.4 Å². The zero-order valence-electron chi connectivity index (χ0n) is 31.6. The molecule has 12 nitrogen and oxygen atoms in total. The minimum absolute atomic E-state index is 0.0282. The first-order valence-corrected chi connectivity index (χ1v) is 20.2. The fourth-order valence-corrected chi connectivity index (χ4v) is 9.18. The van der Waals surface area contributed by atoms with Crippen LogP contribution in [0.25, 0.3) is 11.1 Å². The van der Waals surface area contributed by atoms with Crippen LogP contribution >= 0.6 is 0 Å². The monoisotopic (exact) mass is 766 g/mol. The molecule has 5 atom stereocenters. The molecule has 1 aliphatic heterocycles. The molecule has 1 heterocycles. The van der Waals surface area contributed by atoms with Gasteiger partial charge in [-0.3, -0.25) is 19.1 Å². The SMILES string of the molecule is C=C[C@@H]1C[C@]1(NC(=O)[C@@H]1C[C@@](OC)(c2ccc(-c3cc(F)ccc3C)cc2)CN1C(=O)[C@@H](NC(=O)OC1CCCC1)C(C)(C)C)C(=O)NS(=O)(=O)C1CC1. The number of rotatable bonds is 12. The van der Waals surface area contributed by atoms with Crippen LogP contribution in [-0.2, 0) is 39.5 Å². The number of methoxy groups -OCH3 is 1. The Morgan fingerprint density at radius 2 is 1.69 bits per heavy atom. The molecular weight excluding hydrogens is 716 g/mol. The summed E-state index contributed by atoms with van der Waals surface area (Å²) < 4.78 is 53.7. The van der Waals surface area contributed by atoms with E-state index in [-0.39, 0.29) is 31.3 Å². The van der Waals surface area contributed by atoms with Crippen LogP contribution in [0.5, 0.6) is 0 Å². The highest BCUT2D eigenvalue weighted by atomic mass is 32.2. The summed E-state index contributed by atoms with van der Waals surface area (Å²) in [5.74, 6) is -3.00. The second-order valence-corrected chi connectivity index (χ2v) is 18.3. The number of benzene rings is 2. The minimum atomic E-state index is -3.92. The van der Waals surface area contributed by atoms with Crippen LogP contribution in [0, 0.1) is 24.1 Å². The Bertz CT molecular complexity index is 1920. The molecular formula is C40H51FN4O8S. The van der Waals surface area contributed by atoms with E-state index in [4.69, 9.17) is 9.47 Å². The van der Waals surface area contributed by atoms with Crippen molar-refractivity contribution < 1.29 is 41.5 Å². The maximum absolute atomic E-state index is 14.7. The average molecular weight is 767 g/mol. The van der Waals surface area contributed by atoms with Crippen molar-refractivity contribution in [3.05, 3.63) is 72.1 Å². The highest BCUT2D eigenvalue weighted by Crippen LogP contribution is 2.47. The van der Waals surface area contributed by atoms with Crippen LogP contribution in [0.4, 0.5) is 9.18 Å². The van der Waals surface area contributed by atoms with Gasteiger partial charge < -0.3 is 25.0 Å². The summed E-state index contributed by atoms with van der Waals surface area (Å²) in [4.78, 5) is 57.3. The van der Waals surface area contributed by atoms with Crippen molar-refractivity contribution in [1.29, 1.82) is 0 Å². The molecule has 0 bridgehead atoms. The molecule has 4 amide bonds. The maximum atomic E-state index is 14.7. The van der Waals surface area contributed by atoms with Gasteiger partial charge in [-0.05, 0) is 91.7 Å². The van der Waals surface area contributed by atoms with Gasteiger partial charge in [-0.2, -0.15) is 0 Å². The lowest BCUT2D eigenvalue weighted by Gasteiger charge is -2.36. The zero-order chi connectivity index (χ0) is 39.2. The van der Waals surface area contributed by atoms with E-state index in [1.165, 1.54) is 30.2 Å². The first-order valence-electron chi connectivity index (χ1n) is 18.6. The van der Waals surface area contributed by atoms with Gasteiger partial charge in [-0.15, -0.1) is 6.58 Å². The largest absolute Gasteiger partial charge is 0.446 e. The number of nitrogens with zero attached hydrogens (tertiary/aromatic N) is 1. The summed E-state index contributed by atoms with van der Waals surface area (Å²) in [6.07, 6.45) is 4.91. The Kier molecular flexibility index (Phi) is 10.8. The molecule has 1 saturated heterocycles. The summed E-state index contributed by atoms with van der Waals surface area (Å²) in [6.45, 7) is 11.0. The summed E-state index contributed by atoms with van der Waals surface area (Å²) in [5, 5.41) is 4.94. The molecule has 6 rings (SSSR count). The molecule has 3 aliphatic carbocycles. The second-order valence-electron chi connectivity index (χ2n) is 16.4. The molecule has 14 heteroatoms. The lowest BCUT2D eigenvalue weighted by molar-refractivity contribution is -0.143. The van der Waals surface area contributed by atoms with Gasteiger partial charge in [-0.25, -0.2) is 17.6 Å². The van der Waals surface area contributed by atoms with Crippen molar-refractivity contribution in [2.75, 3.05) is 13.7 Å². The van der Waals surface area contributed by atoms with Crippen LogP contribution in [0.1, 0.15) is 83.3 Å². The number of sulfonamides is 1. The van der Waals surface area contributed by atoms with Crippen LogP contribution in [-0.4, -0.2) is 79.8 Å². The smallest absolute Gasteiger partial charge is 0.408 e. The molecule has 3 N–H and O–H groups in total. The number of hydrogen-bond acceptors (Lipinski definition) is 8. The number of carbonyl (C=O) groups is 4. The summed E-state index contributed by atoms with van der Waals surface area (Å²) in [5.41, 5.74) is -0.609. The van der Waals surface area contributed by atoms with E-state index in [1.807, 2.05) is 31.2 Å². The lowest BCUT2D eigenvalue weighted by atomic mass is 9.85. The molecule has 3 saturated carbocycles. The second kappa shape index (κ2) is 14.7.